The van der Waals surface area contributed by atoms with Gasteiger partial charge in [-0.15, -0.1) is 0 Å². The molecular weight excluding hydrogens is 452 g/mol. The Morgan fingerprint density at radius 1 is 1.17 bits per heavy atom. The molecule has 2 aliphatic rings. The van der Waals surface area contributed by atoms with Gasteiger partial charge in [0.2, 0.25) is 5.91 Å². The third-order valence-electron chi connectivity index (χ3n) is 6.31. The molecule has 4 rings (SSSR count). The van der Waals surface area contributed by atoms with Crippen LogP contribution >= 0.6 is 15.9 Å². The number of oxazole rings is 1. The number of likely N-dealkylation sites (tertiary alicyclic amines) is 2. The van der Waals surface area contributed by atoms with E-state index >= 15 is 0 Å². The first-order valence-electron chi connectivity index (χ1n) is 10.6. The first-order valence-corrected chi connectivity index (χ1v) is 11.4. The number of fused-ring (bicyclic) bond motifs is 1. The second-order valence-corrected chi connectivity index (χ2v) is 8.98. The number of aryl methyl sites for hydroxylation is 1. The van der Waals surface area contributed by atoms with Gasteiger partial charge in [0.25, 0.3) is 5.91 Å². The second-order valence-electron chi connectivity index (χ2n) is 8.19. The Hall–Kier alpha value is -2.13. The number of primary amides is 1. The molecule has 0 radical (unpaired) electrons. The van der Waals surface area contributed by atoms with E-state index in [4.69, 9.17) is 10.2 Å². The van der Waals surface area contributed by atoms with Crippen LogP contribution in [0.3, 0.4) is 0 Å². The number of H-pyrrole nitrogens is 1. The number of amides is 2. The van der Waals surface area contributed by atoms with E-state index in [0.29, 0.717) is 23.4 Å². The van der Waals surface area contributed by atoms with Gasteiger partial charge in [-0.2, -0.15) is 0 Å². The van der Waals surface area contributed by atoms with Crippen molar-refractivity contribution in [1.29, 1.82) is 0 Å². The smallest absolute Gasteiger partial charge is 0.408 e. The van der Waals surface area contributed by atoms with Gasteiger partial charge >= 0.3 is 5.76 Å². The predicted molar refractivity (Wildman–Crippen MR) is 116 cm³/mol. The van der Waals surface area contributed by atoms with Crippen molar-refractivity contribution in [3.05, 3.63) is 32.2 Å². The fourth-order valence-electron chi connectivity index (χ4n) is 4.70. The molecule has 2 amide bonds. The van der Waals surface area contributed by atoms with Gasteiger partial charge < -0.3 is 20.0 Å². The lowest BCUT2D eigenvalue weighted by Gasteiger charge is -2.40. The van der Waals surface area contributed by atoms with Crippen LogP contribution in [-0.2, 0) is 11.2 Å². The van der Waals surface area contributed by atoms with E-state index in [1.807, 2.05) is 4.90 Å². The van der Waals surface area contributed by atoms with Crippen molar-refractivity contribution < 1.29 is 14.0 Å². The Morgan fingerprint density at radius 2 is 1.87 bits per heavy atom. The van der Waals surface area contributed by atoms with Crippen molar-refractivity contribution >= 4 is 38.8 Å². The number of hydrogen-bond acceptors (Lipinski definition) is 5. The quantitative estimate of drug-likeness (QED) is 0.684. The van der Waals surface area contributed by atoms with Gasteiger partial charge in [-0.25, -0.2) is 4.79 Å². The molecule has 0 unspecified atom stereocenters. The first kappa shape index (κ1) is 21.1. The monoisotopic (exact) mass is 478 g/mol. The number of rotatable bonds is 5. The van der Waals surface area contributed by atoms with Crippen molar-refractivity contribution in [1.82, 2.24) is 14.8 Å². The van der Waals surface area contributed by atoms with Crippen molar-refractivity contribution in [3.63, 3.8) is 0 Å². The maximum absolute atomic E-state index is 12.8. The van der Waals surface area contributed by atoms with Gasteiger partial charge in [0.1, 0.15) is 5.52 Å². The van der Waals surface area contributed by atoms with Gasteiger partial charge in [0.15, 0.2) is 5.58 Å². The first-order chi connectivity index (χ1) is 14.4. The molecule has 3 N–H and O–H groups in total. The number of halogens is 1. The Morgan fingerprint density at radius 3 is 2.53 bits per heavy atom. The van der Waals surface area contributed by atoms with E-state index in [1.165, 1.54) is 32.4 Å². The highest BCUT2D eigenvalue weighted by molar-refractivity contribution is 9.10. The average molecular weight is 479 g/mol. The van der Waals surface area contributed by atoms with Crippen molar-refractivity contribution in [2.45, 2.75) is 51.0 Å². The number of piperidine rings is 2. The van der Waals surface area contributed by atoms with Crippen molar-refractivity contribution in [2.75, 3.05) is 26.2 Å². The van der Waals surface area contributed by atoms with E-state index < -0.39 is 11.7 Å². The van der Waals surface area contributed by atoms with E-state index in [2.05, 4.69) is 25.8 Å². The molecule has 1 aromatic heterocycles. The fourth-order valence-corrected chi connectivity index (χ4v) is 5.40. The fraction of sp³-hybridized carbons (Fsp3) is 0.571. The zero-order chi connectivity index (χ0) is 21.3. The van der Waals surface area contributed by atoms with E-state index in [0.717, 1.165) is 31.5 Å². The van der Waals surface area contributed by atoms with Crippen LogP contribution in [0.15, 0.2) is 19.8 Å². The molecule has 2 aromatic rings. The third kappa shape index (κ3) is 4.32. The molecule has 0 bridgehead atoms. The number of nitrogens with two attached hydrogens (primary N) is 1. The summed E-state index contributed by atoms with van der Waals surface area (Å²) in [6.07, 6.45) is 6.71. The normalized spacial score (nSPS) is 18.8. The molecule has 162 valence electrons. The summed E-state index contributed by atoms with van der Waals surface area (Å²) in [5.41, 5.74) is 6.92. The maximum atomic E-state index is 12.8. The largest absolute Gasteiger partial charge is 0.417 e. The summed E-state index contributed by atoms with van der Waals surface area (Å²) in [5, 5.41) is 0. The summed E-state index contributed by atoms with van der Waals surface area (Å²) < 4.78 is 5.60. The molecule has 2 fully saturated rings. The molecule has 30 heavy (non-hydrogen) atoms. The van der Waals surface area contributed by atoms with Crippen LogP contribution in [0.1, 0.15) is 54.4 Å². The van der Waals surface area contributed by atoms with Crippen LogP contribution in [0, 0.1) is 0 Å². The minimum Gasteiger partial charge on any atom is -0.408 e. The lowest BCUT2D eigenvalue weighted by molar-refractivity contribution is -0.132. The molecule has 1 aromatic carbocycles. The number of nitrogens with one attached hydrogen (secondary N) is 1. The molecule has 2 aliphatic heterocycles. The number of aromatic nitrogens is 1. The molecule has 0 spiro atoms. The zero-order valence-corrected chi connectivity index (χ0v) is 18.5. The lowest BCUT2D eigenvalue weighted by atomic mass is 9.99. The topological polar surface area (TPSA) is 113 Å². The summed E-state index contributed by atoms with van der Waals surface area (Å²) >= 11 is 3.42. The highest BCUT2D eigenvalue weighted by atomic mass is 79.9. The summed E-state index contributed by atoms with van der Waals surface area (Å²) in [4.78, 5) is 43.2. The lowest BCUT2D eigenvalue weighted by Crippen LogP contribution is -2.48. The van der Waals surface area contributed by atoms with Crippen molar-refractivity contribution in [2.24, 2.45) is 5.73 Å². The Balaban J connectivity index is 1.39. The average Bonchev–Trinajstić information content (AvgIpc) is 3.11. The minimum absolute atomic E-state index is 0.107. The maximum Gasteiger partial charge on any atom is 0.417 e. The standard InChI is InChI=1S/C21H27BrN4O4/c22-18-13(12-15-19(17(18)20(23)28)24-21(29)30-15)4-5-16(27)26-10-6-14(7-11-26)25-8-2-1-3-9-25/h12,14H,1-11H2,(H2,23,28)(H,24,29). The molecule has 0 atom stereocenters. The number of nitrogens with zero attached hydrogens (tertiary/aromatic N) is 2. The molecule has 9 heteroatoms. The van der Waals surface area contributed by atoms with E-state index in [1.54, 1.807) is 6.07 Å². The SMILES string of the molecule is NC(=O)c1c(Br)c(CCC(=O)N2CCC(N3CCCCC3)CC2)cc2oc(=O)[nH]c12. The molecular formula is C21H27BrN4O4. The van der Waals surface area contributed by atoms with E-state index in [-0.39, 0.29) is 22.6 Å². The summed E-state index contributed by atoms with van der Waals surface area (Å²) in [5.74, 6) is -1.21. The highest BCUT2D eigenvalue weighted by Gasteiger charge is 2.28. The summed E-state index contributed by atoms with van der Waals surface area (Å²) in [6, 6.07) is 2.28. The number of benzene rings is 1. The minimum atomic E-state index is -0.670. The Kier molecular flexibility index (Phi) is 6.29. The second kappa shape index (κ2) is 8.93. The third-order valence-corrected chi connectivity index (χ3v) is 7.22. The van der Waals surface area contributed by atoms with E-state index in [9.17, 15) is 14.4 Å². The van der Waals surface area contributed by atoms with Gasteiger partial charge in [-0.1, -0.05) is 6.42 Å². The van der Waals surface area contributed by atoms with Crippen LogP contribution in [0.2, 0.25) is 0 Å². The van der Waals surface area contributed by atoms with Gasteiger partial charge in [0, 0.05) is 30.0 Å². The summed E-state index contributed by atoms with van der Waals surface area (Å²) in [6.45, 7) is 3.96. The van der Waals surface area contributed by atoms with Gasteiger partial charge in [0.05, 0.1) is 5.56 Å². The number of carbonyl (C=O) groups is 2. The molecule has 2 saturated heterocycles. The summed E-state index contributed by atoms with van der Waals surface area (Å²) in [7, 11) is 0. The van der Waals surface area contributed by atoms with Crippen LogP contribution in [0.5, 0.6) is 0 Å². The Labute approximate surface area is 182 Å². The van der Waals surface area contributed by atoms with Crippen molar-refractivity contribution in [3.8, 4) is 0 Å². The number of aromatic amines is 1. The number of hydrogen-bond donors (Lipinski definition) is 2. The van der Waals surface area contributed by atoms with Crippen LogP contribution in [0.4, 0.5) is 0 Å². The molecule has 8 nitrogen and oxygen atoms in total. The zero-order valence-electron chi connectivity index (χ0n) is 16.9. The van der Waals surface area contributed by atoms with Crippen LogP contribution in [-0.4, -0.2) is 58.8 Å². The predicted octanol–water partition coefficient (Wildman–Crippen LogP) is 2.39. The van der Waals surface area contributed by atoms with Gasteiger partial charge in [-0.3, -0.25) is 14.6 Å². The molecule has 3 heterocycles. The van der Waals surface area contributed by atoms with Crippen LogP contribution in [0.25, 0.3) is 11.1 Å². The number of carbonyl (C=O) groups excluding carboxylic acids is 2. The van der Waals surface area contributed by atoms with Crippen LogP contribution < -0.4 is 11.5 Å². The molecule has 0 saturated carbocycles. The highest BCUT2D eigenvalue weighted by Crippen LogP contribution is 2.30. The van der Waals surface area contributed by atoms with Gasteiger partial charge in [-0.05, 0) is 72.8 Å². The Bertz CT molecular complexity index is 1000. The molecule has 0 aliphatic carbocycles.